The molecular formula is C27H31ClN4O3S2. The van der Waals surface area contributed by atoms with Crippen LogP contribution in [0.15, 0.2) is 77.7 Å². The summed E-state index contributed by atoms with van der Waals surface area (Å²) < 4.78 is 29.0. The molecule has 0 unspecified atom stereocenters. The average Bonchev–Trinajstić information content (AvgIpc) is 3.31. The number of aryl methyl sites for hydroxylation is 1. The van der Waals surface area contributed by atoms with Crippen LogP contribution < -0.4 is 9.62 Å². The van der Waals surface area contributed by atoms with Gasteiger partial charge in [0.05, 0.1) is 15.1 Å². The predicted octanol–water partition coefficient (Wildman–Crippen LogP) is 5.82. The summed E-state index contributed by atoms with van der Waals surface area (Å²) in [5, 5.41) is 0.650. The van der Waals surface area contributed by atoms with Crippen LogP contribution in [0.4, 0.5) is 10.8 Å². The van der Waals surface area contributed by atoms with Crippen molar-refractivity contribution in [3.8, 4) is 0 Å². The van der Waals surface area contributed by atoms with Crippen LogP contribution in [0, 0.1) is 6.92 Å². The van der Waals surface area contributed by atoms with Crippen LogP contribution in [0.5, 0.6) is 0 Å². The average molecular weight is 559 g/mol. The van der Waals surface area contributed by atoms with Crippen molar-refractivity contribution in [3.05, 3.63) is 83.9 Å². The zero-order valence-corrected chi connectivity index (χ0v) is 23.5. The Hall–Kier alpha value is -2.98. The van der Waals surface area contributed by atoms with E-state index >= 15 is 0 Å². The number of sulfonamides is 1. The number of fused-ring (bicyclic) bond motifs is 1. The highest BCUT2D eigenvalue weighted by Gasteiger charge is 2.22. The highest BCUT2D eigenvalue weighted by Crippen LogP contribution is 2.30. The van der Waals surface area contributed by atoms with E-state index in [0.717, 1.165) is 35.4 Å². The van der Waals surface area contributed by atoms with Gasteiger partial charge in [0.1, 0.15) is 0 Å². The number of carbonyl (C=O) groups excluding carboxylic acids is 1. The van der Waals surface area contributed by atoms with Crippen LogP contribution in [0.25, 0.3) is 10.2 Å². The molecule has 0 fully saturated rings. The number of anilines is 2. The first-order valence-corrected chi connectivity index (χ1v) is 14.2. The Morgan fingerprint density at radius 2 is 1.57 bits per heavy atom. The Morgan fingerprint density at radius 1 is 0.919 bits per heavy atom. The fourth-order valence-electron chi connectivity index (χ4n) is 3.81. The van der Waals surface area contributed by atoms with Gasteiger partial charge in [-0.2, -0.15) is 0 Å². The minimum absolute atomic E-state index is 0. The van der Waals surface area contributed by atoms with Crippen molar-refractivity contribution in [3.63, 3.8) is 0 Å². The molecule has 1 heterocycles. The van der Waals surface area contributed by atoms with E-state index in [2.05, 4.69) is 23.5 Å². The van der Waals surface area contributed by atoms with Crippen LogP contribution >= 0.6 is 23.7 Å². The Morgan fingerprint density at radius 3 is 2.19 bits per heavy atom. The van der Waals surface area contributed by atoms with Crippen LogP contribution in [-0.2, 0) is 10.0 Å². The van der Waals surface area contributed by atoms with Crippen molar-refractivity contribution < 1.29 is 13.2 Å². The minimum Gasteiger partial charge on any atom is -0.302 e. The molecule has 0 aliphatic carbocycles. The van der Waals surface area contributed by atoms with Crippen molar-refractivity contribution in [2.75, 3.05) is 35.8 Å². The number of carbonyl (C=O) groups is 1. The fourth-order valence-corrected chi connectivity index (χ4v) is 5.86. The van der Waals surface area contributed by atoms with E-state index in [1.54, 1.807) is 53.4 Å². The molecule has 0 bridgehead atoms. The monoisotopic (exact) mass is 558 g/mol. The summed E-state index contributed by atoms with van der Waals surface area (Å²) in [7, 11) is -3.72. The lowest BCUT2D eigenvalue weighted by Gasteiger charge is -2.24. The van der Waals surface area contributed by atoms with E-state index in [1.165, 1.54) is 11.3 Å². The molecule has 0 radical (unpaired) electrons. The van der Waals surface area contributed by atoms with Gasteiger partial charge in [-0.1, -0.05) is 55.0 Å². The molecule has 1 aromatic heterocycles. The van der Waals surface area contributed by atoms with Crippen molar-refractivity contribution in [2.45, 2.75) is 25.7 Å². The summed E-state index contributed by atoms with van der Waals surface area (Å²) in [5.41, 5.74) is 2.70. The second-order valence-electron chi connectivity index (χ2n) is 8.44. The van der Waals surface area contributed by atoms with E-state index in [4.69, 9.17) is 4.98 Å². The molecule has 4 rings (SSSR count). The number of benzene rings is 3. The molecule has 3 aromatic carbocycles. The number of aromatic nitrogens is 1. The third kappa shape index (κ3) is 6.87. The SMILES string of the molecule is CCN(CC)CCN(C(=O)c1ccc(NS(=O)(=O)c2ccc(C)cc2)cc1)c1nc2ccccc2s1.Cl. The van der Waals surface area contributed by atoms with Crippen LogP contribution in [-0.4, -0.2) is 50.4 Å². The Labute approximate surface area is 228 Å². The summed E-state index contributed by atoms with van der Waals surface area (Å²) in [4.78, 5) is 22.5. The van der Waals surface area contributed by atoms with Crippen LogP contribution in [0.1, 0.15) is 29.8 Å². The normalized spacial score (nSPS) is 11.4. The van der Waals surface area contributed by atoms with Gasteiger partial charge in [-0.15, -0.1) is 12.4 Å². The van der Waals surface area contributed by atoms with Crippen molar-refractivity contribution in [1.29, 1.82) is 0 Å². The van der Waals surface area contributed by atoms with E-state index in [0.29, 0.717) is 22.9 Å². The lowest BCUT2D eigenvalue weighted by atomic mass is 10.2. The molecule has 0 saturated heterocycles. The topological polar surface area (TPSA) is 82.6 Å². The highest BCUT2D eigenvalue weighted by atomic mass is 35.5. The van der Waals surface area contributed by atoms with Gasteiger partial charge in [-0.05, 0) is 68.5 Å². The number of nitrogens with one attached hydrogen (secondary N) is 1. The van der Waals surface area contributed by atoms with Gasteiger partial charge >= 0.3 is 0 Å². The second-order valence-corrected chi connectivity index (χ2v) is 11.1. The van der Waals surface area contributed by atoms with Crippen molar-refractivity contribution in [2.24, 2.45) is 0 Å². The summed E-state index contributed by atoms with van der Waals surface area (Å²) in [5.74, 6) is -0.172. The first kappa shape index (κ1) is 28.6. The Kier molecular flexibility index (Phi) is 9.67. The number of hydrogen-bond donors (Lipinski definition) is 1. The molecule has 4 aromatic rings. The van der Waals surface area contributed by atoms with E-state index < -0.39 is 10.0 Å². The number of para-hydroxylation sites is 1. The first-order chi connectivity index (χ1) is 17.3. The van der Waals surface area contributed by atoms with E-state index in [-0.39, 0.29) is 23.2 Å². The maximum Gasteiger partial charge on any atom is 0.261 e. The van der Waals surface area contributed by atoms with Crippen molar-refractivity contribution >= 4 is 60.7 Å². The first-order valence-electron chi connectivity index (χ1n) is 11.9. The molecule has 7 nitrogen and oxygen atoms in total. The standard InChI is InChI=1S/C27H30N4O3S2.ClH/c1-4-30(5-2)18-19-31(27-28-24-8-6-7-9-25(24)35-27)26(32)21-12-14-22(15-13-21)29-36(33,34)23-16-10-20(3)11-17-23;/h6-17,29H,4-5,18-19H2,1-3H3;1H. The molecular weight excluding hydrogens is 528 g/mol. The summed E-state index contributed by atoms with van der Waals surface area (Å²) in [6.07, 6.45) is 0. The molecule has 10 heteroatoms. The number of halogens is 1. The number of nitrogens with zero attached hydrogens (tertiary/aromatic N) is 3. The molecule has 0 aliphatic heterocycles. The molecule has 0 aliphatic rings. The second kappa shape index (κ2) is 12.5. The van der Waals surface area contributed by atoms with Crippen molar-refractivity contribution in [1.82, 2.24) is 9.88 Å². The van der Waals surface area contributed by atoms with E-state index in [9.17, 15) is 13.2 Å². The summed E-state index contributed by atoms with van der Waals surface area (Å²) in [6.45, 7) is 9.13. The number of thiazole rings is 1. The molecule has 0 saturated carbocycles. The molecule has 196 valence electrons. The van der Waals surface area contributed by atoms with Crippen LogP contribution in [0.2, 0.25) is 0 Å². The van der Waals surface area contributed by atoms with Gasteiger partial charge in [-0.3, -0.25) is 14.4 Å². The van der Waals surface area contributed by atoms with Crippen LogP contribution in [0.3, 0.4) is 0 Å². The Bertz CT molecular complexity index is 1400. The summed E-state index contributed by atoms with van der Waals surface area (Å²) >= 11 is 1.49. The lowest BCUT2D eigenvalue weighted by molar-refractivity contribution is 0.0984. The maximum absolute atomic E-state index is 13.6. The molecule has 37 heavy (non-hydrogen) atoms. The zero-order chi connectivity index (χ0) is 25.7. The number of amides is 1. The Balaban J connectivity index is 0.00000380. The third-order valence-electron chi connectivity index (χ3n) is 6.01. The third-order valence-corrected chi connectivity index (χ3v) is 8.46. The quantitative estimate of drug-likeness (QED) is 0.265. The van der Waals surface area contributed by atoms with Gasteiger partial charge in [0.25, 0.3) is 15.9 Å². The van der Waals surface area contributed by atoms with Gasteiger partial charge in [0, 0.05) is 24.3 Å². The largest absolute Gasteiger partial charge is 0.302 e. The summed E-state index contributed by atoms with van der Waals surface area (Å²) in [6, 6.07) is 21.0. The lowest BCUT2D eigenvalue weighted by Crippen LogP contribution is -2.38. The molecule has 1 N–H and O–H groups in total. The molecule has 0 atom stereocenters. The van der Waals surface area contributed by atoms with Gasteiger partial charge in [0.2, 0.25) is 0 Å². The number of hydrogen-bond acceptors (Lipinski definition) is 6. The number of likely N-dealkylation sites (N-methyl/N-ethyl adjacent to an activating group) is 1. The smallest absolute Gasteiger partial charge is 0.261 e. The number of rotatable bonds is 10. The van der Waals surface area contributed by atoms with Gasteiger partial charge in [-0.25, -0.2) is 13.4 Å². The van der Waals surface area contributed by atoms with E-state index in [1.807, 2.05) is 31.2 Å². The fraction of sp³-hybridized carbons (Fsp3) is 0.259. The van der Waals surface area contributed by atoms with Gasteiger partial charge in [0.15, 0.2) is 5.13 Å². The highest BCUT2D eigenvalue weighted by molar-refractivity contribution is 7.92. The zero-order valence-electron chi connectivity index (χ0n) is 21.0. The maximum atomic E-state index is 13.6. The molecule has 1 amide bonds. The molecule has 0 spiro atoms. The van der Waals surface area contributed by atoms with Gasteiger partial charge < -0.3 is 4.90 Å². The minimum atomic E-state index is -3.72. The predicted molar refractivity (Wildman–Crippen MR) is 155 cm³/mol.